The van der Waals surface area contributed by atoms with Gasteiger partial charge in [0.15, 0.2) is 12.4 Å². The normalized spacial score (nSPS) is 13.0. The molecule has 8 heteroatoms. The maximum Gasteiger partial charge on any atom is 0.307 e. The molecular formula is C21H28IN2O5+. The number of halogens is 1. The van der Waals surface area contributed by atoms with Crippen LogP contribution in [0.15, 0.2) is 40.0 Å². The molecule has 1 aromatic heterocycles. The number of oxime groups is 1. The third kappa shape index (κ3) is 8.14. The molecule has 2 rings (SSSR count). The summed E-state index contributed by atoms with van der Waals surface area (Å²) in [7, 11) is 0. The van der Waals surface area contributed by atoms with E-state index < -0.39 is 5.60 Å². The lowest BCUT2D eigenvalue weighted by Crippen LogP contribution is -2.25. The lowest BCUT2D eigenvalue weighted by Gasteiger charge is -2.21. The third-order valence-corrected chi connectivity index (χ3v) is 5.16. The first kappa shape index (κ1) is 23.3. The van der Waals surface area contributed by atoms with Crippen LogP contribution in [0.2, 0.25) is 0 Å². The zero-order chi connectivity index (χ0) is 21.3. The van der Waals surface area contributed by atoms with E-state index in [1.165, 1.54) is 11.8 Å². The maximum absolute atomic E-state index is 12.4. The molecule has 0 aliphatic heterocycles. The minimum Gasteiger partial charge on any atom is -0.460 e. The number of rotatable bonds is 10. The fourth-order valence-corrected chi connectivity index (χ4v) is 3.62. The van der Waals surface area contributed by atoms with Crippen LogP contribution in [0.1, 0.15) is 63.0 Å². The first-order valence-electron chi connectivity index (χ1n) is 9.51. The predicted octanol–water partition coefficient (Wildman–Crippen LogP) is 4.41. The van der Waals surface area contributed by atoms with E-state index in [0.717, 1.165) is 9.99 Å². The molecule has 0 spiro atoms. The summed E-state index contributed by atoms with van der Waals surface area (Å²) in [6.45, 7) is 6.90. The van der Waals surface area contributed by atoms with Crippen LogP contribution in [0.5, 0.6) is 0 Å². The van der Waals surface area contributed by atoms with Crippen molar-refractivity contribution in [2.24, 2.45) is 5.16 Å². The zero-order valence-corrected chi connectivity index (χ0v) is 19.1. The van der Waals surface area contributed by atoms with E-state index in [-0.39, 0.29) is 18.3 Å². The molecule has 29 heavy (non-hydrogen) atoms. The van der Waals surface area contributed by atoms with E-state index in [4.69, 9.17) is 14.5 Å². The number of aromatic nitrogens is 1. The van der Waals surface area contributed by atoms with Gasteiger partial charge in [0.1, 0.15) is 17.9 Å². The summed E-state index contributed by atoms with van der Waals surface area (Å²) in [5.74, 6) is 0.139. The minimum atomic E-state index is -0.546. The molecule has 158 valence electrons. The zero-order valence-electron chi connectivity index (χ0n) is 17.0. The van der Waals surface area contributed by atoms with Gasteiger partial charge in [-0.25, -0.2) is 0 Å². The van der Waals surface area contributed by atoms with E-state index in [1.807, 2.05) is 39.0 Å². The molecular weight excluding hydrogens is 487 g/mol. The van der Waals surface area contributed by atoms with Crippen molar-refractivity contribution < 1.29 is 24.0 Å². The van der Waals surface area contributed by atoms with E-state index in [2.05, 4.69) is 49.8 Å². The van der Waals surface area contributed by atoms with Crippen LogP contribution < -0.4 is 0 Å². The topological polar surface area (TPSA) is 97.7 Å². The molecule has 7 nitrogen and oxygen atoms in total. The summed E-state index contributed by atoms with van der Waals surface area (Å²) in [6, 6.07) is 10.1. The van der Waals surface area contributed by atoms with Gasteiger partial charge >= 0.3 is 5.97 Å². The molecule has 1 aromatic carbocycles. The fourth-order valence-electron chi connectivity index (χ4n) is 2.84. The molecule has 2 aromatic rings. The van der Waals surface area contributed by atoms with E-state index >= 15 is 0 Å². The lowest BCUT2D eigenvalue weighted by atomic mass is 9.96. The van der Waals surface area contributed by atoms with Gasteiger partial charge in [0.25, 0.3) is 0 Å². The Balaban J connectivity index is 1.97. The van der Waals surface area contributed by atoms with Gasteiger partial charge in [-0.1, -0.05) is 40.6 Å². The second-order valence-electron chi connectivity index (χ2n) is 7.71. The number of hydrogen-bond acceptors (Lipinski definition) is 6. The van der Waals surface area contributed by atoms with Crippen LogP contribution in [-0.2, 0) is 16.1 Å². The van der Waals surface area contributed by atoms with Crippen LogP contribution in [0.4, 0.5) is 0 Å². The lowest BCUT2D eigenvalue weighted by molar-refractivity contribution is -0.155. The van der Waals surface area contributed by atoms with Crippen LogP contribution in [-0.4, -0.2) is 39.5 Å². The fraction of sp³-hybridized carbons (Fsp3) is 0.476. The molecule has 0 unspecified atom stereocenters. The third-order valence-electron chi connectivity index (χ3n) is 4.07. The number of hydrogen-bond donors (Lipinski definition) is 1. The van der Waals surface area contributed by atoms with Gasteiger partial charge in [0, 0.05) is 17.9 Å². The molecule has 0 radical (unpaired) electrons. The summed E-state index contributed by atoms with van der Waals surface area (Å²) in [4.78, 5) is 12.4. The molecule has 0 bridgehead atoms. The number of nitrogens with zero attached hydrogens (tertiary/aromatic N) is 2. The summed E-state index contributed by atoms with van der Waals surface area (Å²) >= 11 is 2.09. The molecule has 1 atom stereocenters. The van der Waals surface area contributed by atoms with Crippen molar-refractivity contribution in [1.82, 2.24) is 5.16 Å². The monoisotopic (exact) mass is 515 g/mol. The minimum absolute atomic E-state index is 0.183. The van der Waals surface area contributed by atoms with Crippen molar-refractivity contribution in [3.63, 3.8) is 0 Å². The van der Waals surface area contributed by atoms with Crippen LogP contribution in [0.25, 0.3) is 0 Å². The second kappa shape index (κ2) is 11.3. The Morgan fingerprint density at radius 2 is 2.10 bits per heavy atom. The highest BCUT2D eigenvalue weighted by atomic mass is 127. The average molecular weight is 515 g/mol. The van der Waals surface area contributed by atoms with Crippen molar-refractivity contribution >= 4 is 34.8 Å². The van der Waals surface area contributed by atoms with Gasteiger partial charge in [-0.2, -0.15) is 0 Å². The van der Waals surface area contributed by atoms with Crippen molar-refractivity contribution in [3.05, 3.63) is 50.9 Å². The molecule has 0 amide bonds. The van der Waals surface area contributed by atoms with Crippen LogP contribution in [0.3, 0.4) is 0 Å². The number of carbonyl (C=O) groups excluding carboxylic acids is 1. The van der Waals surface area contributed by atoms with Crippen LogP contribution in [0, 0.1) is 3.57 Å². The van der Waals surface area contributed by atoms with E-state index in [1.54, 1.807) is 0 Å². The predicted molar refractivity (Wildman–Crippen MR) is 118 cm³/mol. The standard InChI is InChI=1S/C21H27IN2O5/c1-21(2,3)28-18(25)12-16(20-19(22)17(13-23-26)24-29-20)10-7-11-27-14-15-8-5-4-6-9-15/h4-6,8-9,13,16,26H,7,10-12,14H2,1-3H3/p+1/b23-13+/t16-/m0/s1. The Bertz CT molecular complexity index is 799. The van der Waals surface area contributed by atoms with E-state index in [9.17, 15) is 4.79 Å². The number of carbonyl (C=O) groups is 1. The van der Waals surface area contributed by atoms with Gasteiger partial charge in [0.05, 0.1) is 16.2 Å². The molecule has 0 fully saturated rings. The molecule has 2 N–H and O–H groups in total. The van der Waals surface area contributed by atoms with E-state index in [0.29, 0.717) is 31.1 Å². The summed E-state index contributed by atoms with van der Waals surface area (Å²) < 4.78 is 16.3. The Morgan fingerprint density at radius 3 is 2.76 bits per heavy atom. The number of ether oxygens (including phenoxy) is 2. The SMILES string of the molecule is CC(C)(C)OC(=O)C[C@H](CCC[OH+]Cc1ccccc1)c1onc(/C=N/O)c1I. The van der Waals surface area contributed by atoms with Crippen molar-refractivity contribution in [2.75, 3.05) is 6.61 Å². The molecule has 0 aliphatic carbocycles. The summed E-state index contributed by atoms with van der Waals surface area (Å²) in [5.41, 5.74) is 1.07. The smallest absolute Gasteiger partial charge is 0.307 e. The summed E-state index contributed by atoms with van der Waals surface area (Å²) in [6.07, 6.45) is 2.92. The number of esters is 1. The van der Waals surface area contributed by atoms with Gasteiger partial charge in [-0.15, -0.1) is 0 Å². The highest BCUT2D eigenvalue weighted by Crippen LogP contribution is 2.31. The summed E-state index contributed by atoms with van der Waals surface area (Å²) in [5, 5.41) is 15.7. The average Bonchev–Trinajstić information content (AvgIpc) is 3.01. The Labute approximate surface area is 184 Å². The maximum atomic E-state index is 12.4. The Kier molecular flexibility index (Phi) is 9.09. The van der Waals surface area contributed by atoms with Gasteiger partial charge in [-0.05, 0) is 49.8 Å². The highest BCUT2D eigenvalue weighted by molar-refractivity contribution is 14.1. The van der Waals surface area contributed by atoms with Crippen molar-refractivity contribution in [3.8, 4) is 0 Å². The number of aliphatic hydroxyl groups is 2. The van der Waals surface area contributed by atoms with Gasteiger partial charge < -0.3 is 19.2 Å². The second-order valence-corrected chi connectivity index (χ2v) is 8.79. The molecule has 1 heterocycles. The highest BCUT2D eigenvalue weighted by Gasteiger charge is 2.27. The molecule has 0 saturated heterocycles. The van der Waals surface area contributed by atoms with Crippen molar-refractivity contribution in [2.45, 2.75) is 58.2 Å². The first-order chi connectivity index (χ1) is 13.8. The van der Waals surface area contributed by atoms with Gasteiger partial charge in [-0.3, -0.25) is 4.79 Å². The molecule has 0 saturated carbocycles. The Hall–Kier alpha value is -1.94. The molecule has 0 aliphatic rings. The van der Waals surface area contributed by atoms with Gasteiger partial charge in [0.2, 0.25) is 0 Å². The Morgan fingerprint density at radius 1 is 1.38 bits per heavy atom. The first-order valence-corrected chi connectivity index (χ1v) is 10.6. The van der Waals surface area contributed by atoms with Crippen LogP contribution >= 0.6 is 22.6 Å². The largest absolute Gasteiger partial charge is 0.460 e. The quantitative estimate of drug-likeness (QED) is 0.0962. The van der Waals surface area contributed by atoms with Crippen molar-refractivity contribution in [1.29, 1.82) is 0 Å². The number of benzene rings is 1.